The van der Waals surface area contributed by atoms with Gasteiger partial charge in [0.1, 0.15) is 6.54 Å². The molecule has 0 bridgehead atoms. The van der Waals surface area contributed by atoms with Crippen LogP contribution in [0.4, 0.5) is 11.4 Å². The molecule has 0 heterocycles. The second-order valence-electron chi connectivity index (χ2n) is 4.77. The highest BCUT2D eigenvalue weighted by atomic mass is 35.5. The molecule has 11 heteroatoms. The maximum absolute atomic E-state index is 13.0. The summed E-state index contributed by atoms with van der Waals surface area (Å²) in [5.41, 5.74) is 4.29. The number of nitro groups is 1. The van der Waals surface area contributed by atoms with Crippen molar-refractivity contribution in [3.63, 3.8) is 0 Å². The summed E-state index contributed by atoms with van der Waals surface area (Å²) in [5.74, 6) is -0.988. The molecule has 0 saturated heterocycles. The largest absolute Gasteiger partial charge is 0.368 e. The number of carbonyl (C=O) groups is 1. The highest BCUT2D eigenvalue weighted by Gasteiger charge is 2.34. The van der Waals surface area contributed by atoms with Crippen LogP contribution in [0.2, 0.25) is 10.0 Å². The fourth-order valence-electron chi connectivity index (χ4n) is 2.10. The molecule has 0 unspecified atom stereocenters. The molecule has 0 aromatic heterocycles. The fraction of sp³-hybridized carbons (Fsp3) is 0.0714. The summed E-state index contributed by atoms with van der Waals surface area (Å²) in [6, 6.07) is 8.93. The zero-order valence-corrected chi connectivity index (χ0v) is 14.8. The summed E-state index contributed by atoms with van der Waals surface area (Å²) in [7, 11) is -4.55. The Labute approximate surface area is 152 Å². The number of sulfonamides is 1. The van der Waals surface area contributed by atoms with Gasteiger partial charge >= 0.3 is 0 Å². The van der Waals surface area contributed by atoms with Crippen LogP contribution in [0, 0.1) is 10.1 Å². The van der Waals surface area contributed by atoms with Gasteiger partial charge < -0.3 is 5.73 Å². The Morgan fingerprint density at radius 1 is 1.12 bits per heavy atom. The summed E-state index contributed by atoms with van der Waals surface area (Å²) in [4.78, 5) is 21.1. The molecule has 0 aliphatic carbocycles. The molecule has 2 N–H and O–H groups in total. The predicted molar refractivity (Wildman–Crippen MR) is 93.3 cm³/mol. The Morgan fingerprint density at radius 3 is 2.20 bits per heavy atom. The van der Waals surface area contributed by atoms with Crippen molar-refractivity contribution in [2.24, 2.45) is 5.73 Å². The predicted octanol–water partition coefficient (Wildman–Crippen LogP) is 2.58. The van der Waals surface area contributed by atoms with Crippen LogP contribution >= 0.6 is 23.2 Å². The van der Waals surface area contributed by atoms with Crippen molar-refractivity contribution in [1.82, 2.24) is 0 Å². The van der Waals surface area contributed by atoms with Crippen LogP contribution in [0.15, 0.2) is 47.4 Å². The van der Waals surface area contributed by atoms with Crippen molar-refractivity contribution < 1.29 is 18.1 Å². The zero-order valence-electron chi connectivity index (χ0n) is 12.4. The number of nitrogens with two attached hydrogens (primary N) is 1. The second-order valence-corrected chi connectivity index (χ2v) is 7.42. The third-order valence-corrected chi connectivity index (χ3v) is 5.52. The molecule has 25 heavy (non-hydrogen) atoms. The van der Waals surface area contributed by atoms with Crippen LogP contribution in [-0.2, 0) is 14.8 Å². The van der Waals surface area contributed by atoms with E-state index in [0.717, 1.165) is 12.1 Å². The topological polar surface area (TPSA) is 124 Å². The van der Waals surface area contributed by atoms with Gasteiger partial charge in [-0.2, -0.15) is 0 Å². The third kappa shape index (κ3) is 3.84. The van der Waals surface area contributed by atoms with Crippen LogP contribution in [0.5, 0.6) is 0 Å². The molecule has 0 spiro atoms. The molecule has 0 radical (unpaired) electrons. The summed E-state index contributed by atoms with van der Waals surface area (Å²) in [6.45, 7) is -0.794. The van der Waals surface area contributed by atoms with Crippen molar-refractivity contribution in [1.29, 1.82) is 0 Å². The van der Waals surface area contributed by atoms with Gasteiger partial charge in [-0.15, -0.1) is 0 Å². The standard InChI is InChI=1S/C14H11Cl2N3O5S/c15-9-4-3-5-10(16)14(9)18(8-13(17)20)25(23,24)12-7-2-1-6-11(12)19(21)22/h1-7H,8H2,(H2,17,20). The average Bonchev–Trinajstić information content (AvgIpc) is 2.53. The average molecular weight is 404 g/mol. The number of para-hydroxylation sites is 2. The van der Waals surface area contributed by atoms with Gasteiger partial charge in [-0.25, -0.2) is 8.42 Å². The van der Waals surface area contributed by atoms with E-state index < -0.39 is 38.0 Å². The lowest BCUT2D eigenvalue weighted by atomic mass is 10.3. The molecule has 2 aromatic carbocycles. The number of nitrogens with zero attached hydrogens (tertiary/aromatic N) is 2. The van der Waals surface area contributed by atoms with Crippen molar-refractivity contribution in [2.75, 3.05) is 10.8 Å². The first-order chi connectivity index (χ1) is 11.7. The van der Waals surface area contributed by atoms with Crippen molar-refractivity contribution in [2.45, 2.75) is 4.90 Å². The second kappa shape index (κ2) is 7.26. The molecule has 2 aromatic rings. The number of hydrogen-bond donors (Lipinski definition) is 1. The molecule has 2 rings (SSSR count). The van der Waals surface area contributed by atoms with Crippen LogP contribution in [0.1, 0.15) is 0 Å². The van der Waals surface area contributed by atoms with E-state index in [0.29, 0.717) is 4.31 Å². The smallest absolute Gasteiger partial charge is 0.289 e. The molecular weight excluding hydrogens is 393 g/mol. The van der Waals surface area contributed by atoms with Crippen molar-refractivity contribution in [3.05, 3.63) is 62.6 Å². The number of hydrogen-bond acceptors (Lipinski definition) is 5. The Morgan fingerprint density at radius 2 is 1.68 bits per heavy atom. The minimum atomic E-state index is -4.55. The Bertz CT molecular complexity index is 929. The number of benzene rings is 2. The van der Waals surface area contributed by atoms with Gasteiger partial charge in [0.05, 0.1) is 20.7 Å². The molecule has 0 saturated carbocycles. The van der Waals surface area contributed by atoms with Gasteiger partial charge in [0.15, 0.2) is 4.90 Å². The van der Waals surface area contributed by atoms with Crippen molar-refractivity contribution in [3.8, 4) is 0 Å². The molecule has 8 nitrogen and oxygen atoms in total. The van der Waals surface area contributed by atoms with E-state index in [1.54, 1.807) is 0 Å². The van der Waals surface area contributed by atoms with E-state index in [4.69, 9.17) is 28.9 Å². The maximum Gasteiger partial charge on any atom is 0.289 e. The van der Waals surface area contributed by atoms with Gasteiger partial charge in [0, 0.05) is 6.07 Å². The lowest BCUT2D eigenvalue weighted by molar-refractivity contribution is -0.387. The van der Waals surface area contributed by atoms with E-state index in [9.17, 15) is 23.3 Å². The van der Waals surface area contributed by atoms with Crippen LogP contribution in [0.3, 0.4) is 0 Å². The van der Waals surface area contributed by atoms with E-state index in [2.05, 4.69) is 0 Å². The van der Waals surface area contributed by atoms with E-state index in [1.165, 1.54) is 30.3 Å². The molecule has 0 fully saturated rings. The van der Waals surface area contributed by atoms with Crippen LogP contribution in [0.25, 0.3) is 0 Å². The van der Waals surface area contributed by atoms with Gasteiger partial charge in [-0.1, -0.05) is 41.4 Å². The van der Waals surface area contributed by atoms with Crippen molar-refractivity contribution >= 4 is 50.5 Å². The third-order valence-electron chi connectivity index (χ3n) is 3.12. The van der Waals surface area contributed by atoms with Gasteiger partial charge in [0.2, 0.25) is 5.91 Å². The first-order valence-electron chi connectivity index (χ1n) is 6.64. The number of halogens is 2. The molecule has 0 aliphatic heterocycles. The minimum Gasteiger partial charge on any atom is -0.368 e. The maximum atomic E-state index is 13.0. The molecule has 1 amide bonds. The zero-order chi connectivity index (χ0) is 18.8. The number of anilines is 1. The first kappa shape index (κ1) is 19.0. The molecule has 0 atom stereocenters. The number of nitro benzene ring substituents is 1. The van der Waals surface area contributed by atoms with Gasteiger partial charge in [-0.3, -0.25) is 19.2 Å². The number of rotatable bonds is 6. The molecular formula is C14H11Cl2N3O5S. The lowest BCUT2D eigenvalue weighted by Gasteiger charge is -2.24. The van der Waals surface area contributed by atoms with Crippen LogP contribution < -0.4 is 10.0 Å². The summed E-state index contributed by atoms with van der Waals surface area (Å²) < 4.78 is 26.5. The monoisotopic (exact) mass is 403 g/mol. The van der Waals surface area contributed by atoms with Crippen LogP contribution in [-0.4, -0.2) is 25.8 Å². The Kier molecular flexibility index (Phi) is 5.51. The first-order valence-corrected chi connectivity index (χ1v) is 8.84. The highest BCUT2D eigenvalue weighted by molar-refractivity contribution is 7.93. The fourth-order valence-corrected chi connectivity index (χ4v) is 4.43. The Balaban J connectivity index is 2.75. The van der Waals surface area contributed by atoms with Gasteiger partial charge in [0.25, 0.3) is 15.7 Å². The SMILES string of the molecule is NC(=O)CN(c1c(Cl)cccc1Cl)S(=O)(=O)c1ccccc1[N+](=O)[O-]. The van der Waals surface area contributed by atoms with Gasteiger partial charge in [-0.05, 0) is 18.2 Å². The summed E-state index contributed by atoms with van der Waals surface area (Å²) in [6.07, 6.45) is 0. The molecule has 132 valence electrons. The van der Waals surface area contributed by atoms with E-state index in [1.807, 2.05) is 0 Å². The minimum absolute atomic E-state index is 0.0593. The quantitative estimate of drug-likeness (QED) is 0.586. The Hall–Kier alpha value is -2.36. The summed E-state index contributed by atoms with van der Waals surface area (Å²) >= 11 is 12.1. The van der Waals surface area contributed by atoms with E-state index >= 15 is 0 Å². The molecule has 0 aliphatic rings. The number of carbonyl (C=O) groups excluding carboxylic acids is 1. The number of amides is 1. The highest BCUT2D eigenvalue weighted by Crippen LogP contribution is 2.38. The summed E-state index contributed by atoms with van der Waals surface area (Å²) in [5, 5.41) is 11.0. The van der Waals surface area contributed by atoms with E-state index in [-0.39, 0.29) is 15.7 Å². The lowest BCUT2D eigenvalue weighted by Crippen LogP contribution is -2.39. The normalized spacial score (nSPS) is 11.1. The number of primary amides is 1.